The maximum absolute atomic E-state index is 5.88. The van der Waals surface area contributed by atoms with Crippen molar-refractivity contribution in [3.63, 3.8) is 0 Å². The van der Waals surface area contributed by atoms with Crippen molar-refractivity contribution in [3.05, 3.63) is 35.7 Å². The summed E-state index contributed by atoms with van der Waals surface area (Å²) in [5, 5.41) is 3.17. The van der Waals surface area contributed by atoms with Gasteiger partial charge in [0.1, 0.15) is 17.6 Å². The van der Waals surface area contributed by atoms with Gasteiger partial charge in [0.2, 0.25) is 5.89 Å². The van der Waals surface area contributed by atoms with E-state index in [9.17, 15) is 0 Å². The van der Waals surface area contributed by atoms with Gasteiger partial charge >= 0.3 is 0 Å². The Morgan fingerprint density at radius 1 is 1.29 bits per heavy atom. The molecule has 0 amide bonds. The number of oxazole rings is 1. The molecule has 0 aromatic carbocycles. The highest BCUT2D eigenvalue weighted by atomic mass is 16.4. The highest BCUT2D eigenvalue weighted by Crippen LogP contribution is 2.22. The van der Waals surface area contributed by atoms with Crippen LogP contribution in [0, 0.1) is 13.8 Å². The Labute approximate surface area is 100 Å². The molecule has 0 spiro atoms. The molecule has 0 radical (unpaired) electrons. The molecule has 3 N–H and O–H groups in total. The third-order valence-electron chi connectivity index (χ3n) is 2.42. The second-order valence-corrected chi connectivity index (χ2v) is 4.13. The highest BCUT2D eigenvalue weighted by molar-refractivity contribution is 5.62. The molecule has 17 heavy (non-hydrogen) atoms. The summed E-state index contributed by atoms with van der Waals surface area (Å²) in [6.07, 6.45) is 3.46. The Hall–Kier alpha value is -2.04. The molecule has 2 heterocycles. The van der Waals surface area contributed by atoms with Gasteiger partial charge in [-0.1, -0.05) is 0 Å². The first-order chi connectivity index (χ1) is 8.06. The van der Waals surface area contributed by atoms with E-state index >= 15 is 0 Å². The zero-order chi connectivity index (χ0) is 12.4. The van der Waals surface area contributed by atoms with Gasteiger partial charge in [0.25, 0.3) is 0 Å². The van der Waals surface area contributed by atoms with Crippen molar-refractivity contribution in [2.24, 2.45) is 0 Å². The van der Waals surface area contributed by atoms with Gasteiger partial charge in [-0.3, -0.25) is 0 Å². The van der Waals surface area contributed by atoms with Gasteiger partial charge in [0.15, 0.2) is 0 Å². The Bertz CT molecular complexity index is 521. The summed E-state index contributed by atoms with van der Waals surface area (Å²) >= 11 is 0. The number of pyridine rings is 1. The average molecular weight is 232 g/mol. The Morgan fingerprint density at radius 2 is 2.06 bits per heavy atom. The van der Waals surface area contributed by atoms with Crippen LogP contribution in [0.25, 0.3) is 0 Å². The van der Waals surface area contributed by atoms with Crippen LogP contribution < -0.4 is 11.1 Å². The fourth-order valence-corrected chi connectivity index (χ4v) is 1.55. The van der Waals surface area contributed by atoms with Gasteiger partial charge in [0, 0.05) is 6.20 Å². The predicted molar refractivity (Wildman–Crippen MR) is 66.7 cm³/mol. The first-order valence-corrected chi connectivity index (χ1v) is 5.47. The number of nitrogens with two attached hydrogens (primary N) is 1. The maximum Gasteiger partial charge on any atom is 0.216 e. The lowest BCUT2D eigenvalue weighted by Gasteiger charge is -2.13. The smallest absolute Gasteiger partial charge is 0.216 e. The molecule has 0 fully saturated rings. The molecule has 0 saturated heterocycles. The average Bonchev–Trinajstić information content (AvgIpc) is 2.69. The number of hydrogen-bond donors (Lipinski definition) is 2. The molecule has 0 bridgehead atoms. The van der Waals surface area contributed by atoms with Crippen molar-refractivity contribution in [1.29, 1.82) is 0 Å². The summed E-state index contributed by atoms with van der Waals surface area (Å²) < 4.78 is 5.44. The van der Waals surface area contributed by atoms with Gasteiger partial charge in [0.05, 0.1) is 11.9 Å². The molecule has 5 nitrogen and oxygen atoms in total. The van der Waals surface area contributed by atoms with E-state index in [0.29, 0.717) is 17.4 Å². The zero-order valence-electron chi connectivity index (χ0n) is 10.2. The van der Waals surface area contributed by atoms with Crippen LogP contribution in [-0.4, -0.2) is 9.97 Å². The third kappa shape index (κ3) is 2.55. The van der Waals surface area contributed by atoms with E-state index in [4.69, 9.17) is 10.2 Å². The highest BCUT2D eigenvalue weighted by Gasteiger charge is 2.13. The second-order valence-electron chi connectivity index (χ2n) is 4.13. The van der Waals surface area contributed by atoms with Gasteiger partial charge in [-0.15, -0.1) is 0 Å². The van der Waals surface area contributed by atoms with Crippen molar-refractivity contribution in [2.45, 2.75) is 26.8 Å². The monoisotopic (exact) mass is 232 g/mol. The van der Waals surface area contributed by atoms with Crippen molar-refractivity contribution in [1.82, 2.24) is 9.97 Å². The van der Waals surface area contributed by atoms with Crippen molar-refractivity contribution >= 4 is 11.5 Å². The number of nitrogen functional groups attached to an aromatic ring is 1. The SMILES string of the molecule is Cc1cnc(NC(C)c2ncc(C)o2)c(N)c1. The van der Waals surface area contributed by atoms with Crippen molar-refractivity contribution in [3.8, 4) is 0 Å². The molecular weight excluding hydrogens is 216 g/mol. The Kier molecular flexibility index (Phi) is 2.99. The van der Waals surface area contributed by atoms with Crippen LogP contribution in [-0.2, 0) is 0 Å². The molecule has 5 heteroatoms. The number of nitrogens with zero attached hydrogens (tertiary/aromatic N) is 2. The van der Waals surface area contributed by atoms with Gasteiger partial charge in [-0.25, -0.2) is 9.97 Å². The van der Waals surface area contributed by atoms with E-state index in [-0.39, 0.29) is 6.04 Å². The minimum absolute atomic E-state index is 0.0683. The van der Waals surface area contributed by atoms with Gasteiger partial charge < -0.3 is 15.5 Å². The van der Waals surface area contributed by atoms with Crippen molar-refractivity contribution < 1.29 is 4.42 Å². The number of anilines is 2. The van der Waals surface area contributed by atoms with Crippen LogP contribution in [0.4, 0.5) is 11.5 Å². The summed E-state index contributed by atoms with van der Waals surface area (Å²) in [6.45, 7) is 5.77. The van der Waals surface area contributed by atoms with Crippen molar-refractivity contribution in [2.75, 3.05) is 11.1 Å². The summed E-state index contributed by atoms with van der Waals surface area (Å²) in [5.74, 6) is 2.07. The topological polar surface area (TPSA) is 77.0 Å². The maximum atomic E-state index is 5.88. The molecular formula is C12H16N4O. The molecule has 0 saturated carbocycles. The molecule has 2 rings (SSSR count). The molecule has 0 aliphatic rings. The summed E-state index contributed by atoms with van der Waals surface area (Å²) in [6, 6.07) is 1.81. The minimum atomic E-state index is -0.0683. The largest absolute Gasteiger partial charge is 0.444 e. The number of aryl methyl sites for hydroxylation is 2. The predicted octanol–water partition coefficient (Wildman–Crippen LogP) is 2.44. The van der Waals surface area contributed by atoms with Gasteiger partial charge in [-0.2, -0.15) is 0 Å². The quantitative estimate of drug-likeness (QED) is 0.849. The fraction of sp³-hybridized carbons (Fsp3) is 0.333. The van der Waals surface area contributed by atoms with E-state index in [0.717, 1.165) is 11.3 Å². The molecule has 1 unspecified atom stereocenters. The summed E-state index contributed by atoms with van der Waals surface area (Å²) in [5.41, 5.74) is 7.54. The lowest BCUT2D eigenvalue weighted by molar-refractivity contribution is 0.453. The summed E-state index contributed by atoms with van der Waals surface area (Å²) in [4.78, 5) is 8.41. The first kappa shape index (κ1) is 11.4. The number of hydrogen-bond acceptors (Lipinski definition) is 5. The molecule has 90 valence electrons. The Morgan fingerprint density at radius 3 is 2.65 bits per heavy atom. The number of aromatic nitrogens is 2. The normalized spacial score (nSPS) is 12.4. The zero-order valence-corrected chi connectivity index (χ0v) is 10.2. The van der Waals surface area contributed by atoms with E-state index in [2.05, 4.69) is 15.3 Å². The molecule has 2 aromatic heterocycles. The molecule has 0 aliphatic carbocycles. The third-order valence-corrected chi connectivity index (χ3v) is 2.42. The molecule has 0 aliphatic heterocycles. The minimum Gasteiger partial charge on any atom is -0.444 e. The Balaban J connectivity index is 2.15. The fourth-order valence-electron chi connectivity index (χ4n) is 1.55. The van der Waals surface area contributed by atoms with E-state index in [1.54, 1.807) is 12.4 Å². The van der Waals surface area contributed by atoms with Crippen LogP contribution >= 0.6 is 0 Å². The van der Waals surface area contributed by atoms with Crippen LogP contribution in [0.1, 0.15) is 30.2 Å². The van der Waals surface area contributed by atoms with Gasteiger partial charge in [-0.05, 0) is 32.4 Å². The summed E-state index contributed by atoms with van der Waals surface area (Å²) in [7, 11) is 0. The lowest BCUT2D eigenvalue weighted by atomic mass is 10.2. The van der Waals surface area contributed by atoms with E-state index in [1.165, 1.54) is 0 Å². The lowest BCUT2D eigenvalue weighted by Crippen LogP contribution is -2.10. The van der Waals surface area contributed by atoms with Crippen LogP contribution in [0.15, 0.2) is 22.9 Å². The van der Waals surface area contributed by atoms with E-state index < -0.39 is 0 Å². The van der Waals surface area contributed by atoms with Crippen LogP contribution in [0.5, 0.6) is 0 Å². The molecule has 2 aromatic rings. The number of rotatable bonds is 3. The van der Waals surface area contributed by atoms with Crippen LogP contribution in [0.3, 0.4) is 0 Å². The number of nitrogens with one attached hydrogen (secondary N) is 1. The second kappa shape index (κ2) is 4.45. The molecule has 1 atom stereocenters. The standard InChI is InChI=1S/C12H16N4O/c1-7-4-10(13)11(14-5-7)16-9(3)12-15-6-8(2)17-12/h4-6,9H,13H2,1-3H3,(H,14,16). The van der Waals surface area contributed by atoms with Crippen LogP contribution in [0.2, 0.25) is 0 Å². The first-order valence-electron chi connectivity index (χ1n) is 5.47. The van der Waals surface area contributed by atoms with E-state index in [1.807, 2.05) is 26.8 Å².